The molecule has 0 heterocycles. The highest BCUT2D eigenvalue weighted by atomic mass is 16.3. The minimum Gasteiger partial charge on any atom is -0.387 e. The summed E-state index contributed by atoms with van der Waals surface area (Å²) in [4.78, 5) is 2.33. The van der Waals surface area contributed by atoms with Gasteiger partial charge in [0.2, 0.25) is 0 Å². The quantitative estimate of drug-likeness (QED) is 0.864. The summed E-state index contributed by atoms with van der Waals surface area (Å²) in [5.41, 5.74) is 1.02. The van der Waals surface area contributed by atoms with E-state index in [9.17, 15) is 5.11 Å². The largest absolute Gasteiger partial charge is 0.387 e. The van der Waals surface area contributed by atoms with E-state index in [1.165, 1.54) is 32.1 Å². The number of rotatable bonds is 4. The Bertz CT molecular complexity index is 319. The van der Waals surface area contributed by atoms with Crippen molar-refractivity contribution in [2.75, 3.05) is 13.6 Å². The average Bonchev–Trinajstić information content (AvgIpc) is 2.40. The van der Waals surface area contributed by atoms with Gasteiger partial charge in [0.05, 0.1) is 6.10 Å². The van der Waals surface area contributed by atoms with E-state index >= 15 is 0 Å². The van der Waals surface area contributed by atoms with Crippen molar-refractivity contribution < 1.29 is 5.11 Å². The predicted octanol–water partition coefficient (Wildman–Crippen LogP) is 2.98. The van der Waals surface area contributed by atoms with Gasteiger partial charge in [-0.25, -0.2) is 0 Å². The molecule has 0 bridgehead atoms. The topological polar surface area (TPSA) is 23.5 Å². The first kappa shape index (κ1) is 12.6. The van der Waals surface area contributed by atoms with E-state index in [1.807, 2.05) is 30.3 Å². The van der Waals surface area contributed by atoms with Crippen molar-refractivity contribution in [2.24, 2.45) is 0 Å². The molecule has 17 heavy (non-hydrogen) atoms. The van der Waals surface area contributed by atoms with Crippen LogP contribution in [0.4, 0.5) is 0 Å². The van der Waals surface area contributed by atoms with Crippen LogP contribution in [0.15, 0.2) is 30.3 Å². The highest BCUT2D eigenvalue weighted by Crippen LogP contribution is 2.23. The van der Waals surface area contributed by atoms with E-state index < -0.39 is 0 Å². The zero-order chi connectivity index (χ0) is 12.1. The lowest BCUT2D eigenvalue weighted by Crippen LogP contribution is -2.36. The van der Waals surface area contributed by atoms with Crippen LogP contribution in [0.3, 0.4) is 0 Å². The Morgan fingerprint density at radius 3 is 2.47 bits per heavy atom. The van der Waals surface area contributed by atoms with Crippen LogP contribution in [0.5, 0.6) is 0 Å². The summed E-state index contributed by atoms with van der Waals surface area (Å²) in [6.07, 6.45) is 6.29. The third-order valence-corrected chi connectivity index (χ3v) is 3.84. The second-order valence-electron chi connectivity index (χ2n) is 5.16. The predicted molar refractivity (Wildman–Crippen MR) is 70.9 cm³/mol. The van der Waals surface area contributed by atoms with Crippen LogP contribution in [0, 0.1) is 0 Å². The van der Waals surface area contributed by atoms with Gasteiger partial charge in [0, 0.05) is 12.6 Å². The molecule has 0 amide bonds. The molecule has 0 aromatic heterocycles. The van der Waals surface area contributed by atoms with Gasteiger partial charge in [-0.15, -0.1) is 0 Å². The van der Waals surface area contributed by atoms with Gasteiger partial charge in [-0.1, -0.05) is 49.6 Å². The molecule has 1 N–H and O–H groups in total. The minimum atomic E-state index is -0.358. The lowest BCUT2D eigenvalue weighted by molar-refractivity contribution is 0.0914. The van der Waals surface area contributed by atoms with Gasteiger partial charge in [-0.3, -0.25) is 0 Å². The molecule has 0 spiro atoms. The van der Waals surface area contributed by atoms with Crippen molar-refractivity contribution in [3.8, 4) is 0 Å². The van der Waals surface area contributed by atoms with Crippen molar-refractivity contribution in [3.05, 3.63) is 35.9 Å². The molecule has 94 valence electrons. The molecule has 1 aromatic rings. The zero-order valence-corrected chi connectivity index (χ0v) is 10.7. The van der Waals surface area contributed by atoms with Gasteiger partial charge in [-0.2, -0.15) is 0 Å². The molecule has 1 saturated carbocycles. The van der Waals surface area contributed by atoms with Crippen LogP contribution in [0.2, 0.25) is 0 Å². The first-order valence-corrected chi connectivity index (χ1v) is 6.70. The Morgan fingerprint density at radius 2 is 1.82 bits per heavy atom. The normalized spacial score (nSPS) is 19.5. The molecule has 2 heteroatoms. The lowest BCUT2D eigenvalue weighted by atomic mass is 9.94. The molecular formula is C15H23NO. The van der Waals surface area contributed by atoms with Gasteiger partial charge >= 0.3 is 0 Å². The number of hydrogen-bond acceptors (Lipinski definition) is 2. The summed E-state index contributed by atoms with van der Waals surface area (Å²) in [6.45, 7) is 0.745. The van der Waals surface area contributed by atoms with Crippen molar-refractivity contribution >= 4 is 0 Å². The smallest absolute Gasteiger partial charge is 0.0916 e. The summed E-state index contributed by atoms with van der Waals surface area (Å²) in [7, 11) is 2.14. The SMILES string of the molecule is CN(C[C@@H](O)c1ccccc1)C1CCCCC1. The second-order valence-corrected chi connectivity index (χ2v) is 5.16. The molecule has 2 nitrogen and oxygen atoms in total. The van der Waals surface area contributed by atoms with E-state index in [2.05, 4.69) is 11.9 Å². The fourth-order valence-corrected chi connectivity index (χ4v) is 2.72. The number of nitrogens with zero attached hydrogens (tertiary/aromatic N) is 1. The van der Waals surface area contributed by atoms with Gasteiger partial charge in [0.15, 0.2) is 0 Å². The highest BCUT2D eigenvalue weighted by molar-refractivity contribution is 5.17. The number of aliphatic hydroxyl groups is 1. The van der Waals surface area contributed by atoms with Crippen molar-refractivity contribution in [1.29, 1.82) is 0 Å². The van der Waals surface area contributed by atoms with Crippen LogP contribution >= 0.6 is 0 Å². The monoisotopic (exact) mass is 233 g/mol. The minimum absolute atomic E-state index is 0.358. The molecule has 1 aromatic carbocycles. The Morgan fingerprint density at radius 1 is 1.18 bits per heavy atom. The Hall–Kier alpha value is -0.860. The fourth-order valence-electron chi connectivity index (χ4n) is 2.72. The molecule has 0 saturated heterocycles. The van der Waals surface area contributed by atoms with Gasteiger partial charge in [0.25, 0.3) is 0 Å². The van der Waals surface area contributed by atoms with Gasteiger partial charge in [0.1, 0.15) is 0 Å². The fraction of sp³-hybridized carbons (Fsp3) is 0.600. The van der Waals surface area contributed by atoms with Crippen molar-refractivity contribution in [2.45, 2.75) is 44.2 Å². The van der Waals surface area contributed by atoms with Gasteiger partial charge in [-0.05, 0) is 25.5 Å². The first-order chi connectivity index (χ1) is 8.27. The second kappa shape index (κ2) is 6.18. The molecule has 2 rings (SSSR count). The standard InChI is InChI=1S/C15H23NO/c1-16(14-10-6-3-7-11-14)12-15(17)13-8-4-2-5-9-13/h2,4-5,8-9,14-15,17H,3,6-7,10-12H2,1H3/t15-/m1/s1. The van der Waals surface area contributed by atoms with Gasteiger partial charge < -0.3 is 10.0 Å². The maximum atomic E-state index is 10.2. The Labute approximate surface area is 104 Å². The third kappa shape index (κ3) is 3.55. The van der Waals surface area contributed by atoms with Crippen LogP contribution < -0.4 is 0 Å². The molecule has 1 atom stereocenters. The number of likely N-dealkylation sites (N-methyl/N-ethyl adjacent to an activating group) is 1. The van der Waals surface area contributed by atoms with Crippen LogP contribution in [-0.2, 0) is 0 Å². The lowest BCUT2D eigenvalue weighted by Gasteiger charge is -2.32. The molecular weight excluding hydrogens is 210 g/mol. The third-order valence-electron chi connectivity index (χ3n) is 3.84. The van der Waals surface area contributed by atoms with E-state index in [-0.39, 0.29) is 6.10 Å². The first-order valence-electron chi connectivity index (χ1n) is 6.70. The Balaban J connectivity index is 1.87. The van der Waals surface area contributed by atoms with E-state index in [0.717, 1.165) is 12.1 Å². The van der Waals surface area contributed by atoms with Crippen molar-refractivity contribution in [3.63, 3.8) is 0 Å². The summed E-state index contributed by atoms with van der Waals surface area (Å²) in [6, 6.07) is 10.6. The van der Waals surface area contributed by atoms with Crippen LogP contribution in [0.25, 0.3) is 0 Å². The average molecular weight is 233 g/mol. The number of benzene rings is 1. The summed E-state index contributed by atoms with van der Waals surface area (Å²) in [5.74, 6) is 0. The Kier molecular flexibility index (Phi) is 4.57. The van der Waals surface area contributed by atoms with E-state index in [4.69, 9.17) is 0 Å². The van der Waals surface area contributed by atoms with Crippen LogP contribution in [-0.4, -0.2) is 29.6 Å². The number of aliphatic hydroxyl groups excluding tert-OH is 1. The molecule has 0 radical (unpaired) electrons. The highest BCUT2D eigenvalue weighted by Gasteiger charge is 2.20. The molecule has 1 aliphatic carbocycles. The molecule has 1 aliphatic rings. The molecule has 0 aliphatic heterocycles. The molecule has 0 unspecified atom stereocenters. The van der Waals surface area contributed by atoms with Crippen molar-refractivity contribution in [1.82, 2.24) is 4.90 Å². The summed E-state index contributed by atoms with van der Waals surface area (Å²) >= 11 is 0. The summed E-state index contributed by atoms with van der Waals surface area (Å²) < 4.78 is 0. The van der Waals surface area contributed by atoms with E-state index in [1.54, 1.807) is 0 Å². The van der Waals surface area contributed by atoms with E-state index in [0.29, 0.717) is 6.04 Å². The maximum Gasteiger partial charge on any atom is 0.0916 e. The number of hydrogen-bond donors (Lipinski definition) is 1. The maximum absolute atomic E-state index is 10.2. The zero-order valence-electron chi connectivity index (χ0n) is 10.7. The molecule has 1 fully saturated rings. The van der Waals surface area contributed by atoms with Crippen LogP contribution in [0.1, 0.15) is 43.8 Å². The summed E-state index contributed by atoms with van der Waals surface area (Å²) in [5, 5.41) is 10.2.